The third-order valence-corrected chi connectivity index (χ3v) is 4.64. The summed E-state index contributed by atoms with van der Waals surface area (Å²) in [6, 6.07) is 11.3. The molecule has 0 fully saturated rings. The summed E-state index contributed by atoms with van der Waals surface area (Å²) in [5, 5.41) is 0. The Hall–Kier alpha value is -1.39. The third kappa shape index (κ3) is 2.72. The van der Waals surface area contributed by atoms with E-state index in [1.807, 2.05) is 18.2 Å². The third-order valence-electron chi connectivity index (χ3n) is 3.75. The molecule has 104 valence electrons. The van der Waals surface area contributed by atoms with Gasteiger partial charge in [0.05, 0.1) is 4.47 Å². The molecular formula is C16H16BrFN2. The maximum Gasteiger partial charge on any atom is 0.137 e. The van der Waals surface area contributed by atoms with Crippen molar-refractivity contribution in [2.45, 2.75) is 19.5 Å². The number of halogens is 2. The van der Waals surface area contributed by atoms with E-state index in [1.165, 1.54) is 17.2 Å². The number of nitrogens with zero attached hydrogens (tertiary/aromatic N) is 1. The summed E-state index contributed by atoms with van der Waals surface area (Å²) in [6.45, 7) is 2.59. The second kappa shape index (κ2) is 5.54. The van der Waals surface area contributed by atoms with E-state index in [0.717, 1.165) is 37.3 Å². The Kier molecular flexibility index (Phi) is 3.76. The minimum atomic E-state index is -0.204. The zero-order valence-electron chi connectivity index (χ0n) is 11.1. The molecule has 0 saturated heterocycles. The van der Waals surface area contributed by atoms with Gasteiger partial charge in [0.2, 0.25) is 0 Å². The Bertz CT molecular complexity index is 642. The van der Waals surface area contributed by atoms with Crippen LogP contribution in [0, 0.1) is 5.82 Å². The highest BCUT2D eigenvalue weighted by Crippen LogP contribution is 2.26. The molecule has 1 aliphatic heterocycles. The van der Waals surface area contributed by atoms with Crippen LogP contribution < -0.4 is 5.73 Å². The van der Waals surface area contributed by atoms with E-state index in [4.69, 9.17) is 5.73 Å². The van der Waals surface area contributed by atoms with Crippen LogP contribution in [0.2, 0.25) is 0 Å². The van der Waals surface area contributed by atoms with Gasteiger partial charge in [0.25, 0.3) is 0 Å². The molecule has 0 spiro atoms. The Morgan fingerprint density at radius 1 is 1.20 bits per heavy atom. The number of nitrogens with two attached hydrogens (primary N) is 1. The van der Waals surface area contributed by atoms with Crippen molar-refractivity contribution < 1.29 is 4.39 Å². The van der Waals surface area contributed by atoms with E-state index < -0.39 is 0 Å². The molecule has 3 rings (SSSR count). The highest BCUT2D eigenvalue weighted by Gasteiger charge is 2.17. The van der Waals surface area contributed by atoms with Crippen molar-refractivity contribution in [3.8, 4) is 0 Å². The normalized spacial score (nSPS) is 15.1. The first-order chi connectivity index (χ1) is 9.63. The predicted octanol–water partition coefficient (Wildman–Crippen LogP) is 3.73. The molecule has 1 heterocycles. The number of nitrogen functional groups attached to an aromatic ring is 1. The van der Waals surface area contributed by atoms with Crippen LogP contribution in [-0.2, 0) is 19.5 Å². The summed E-state index contributed by atoms with van der Waals surface area (Å²) >= 11 is 3.33. The zero-order valence-corrected chi connectivity index (χ0v) is 12.7. The van der Waals surface area contributed by atoms with Crippen molar-refractivity contribution in [2.24, 2.45) is 0 Å². The molecule has 0 saturated carbocycles. The van der Waals surface area contributed by atoms with Gasteiger partial charge in [0.1, 0.15) is 5.82 Å². The lowest BCUT2D eigenvalue weighted by atomic mass is 9.98. The molecule has 2 N–H and O–H groups in total. The maximum atomic E-state index is 13.5. The van der Waals surface area contributed by atoms with Crippen LogP contribution in [0.4, 0.5) is 10.1 Å². The van der Waals surface area contributed by atoms with Crippen LogP contribution in [0.5, 0.6) is 0 Å². The fourth-order valence-electron chi connectivity index (χ4n) is 2.68. The van der Waals surface area contributed by atoms with Gasteiger partial charge in [0, 0.05) is 25.3 Å². The van der Waals surface area contributed by atoms with Gasteiger partial charge in [-0.1, -0.05) is 18.2 Å². The Labute approximate surface area is 126 Å². The quantitative estimate of drug-likeness (QED) is 0.848. The van der Waals surface area contributed by atoms with Crippen molar-refractivity contribution in [1.29, 1.82) is 0 Å². The van der Waals surface area contributed by atoms with Gasteiger partial charge in [-0.15, -0.1) is 0 Å². The minimum Gasteiger partial charge on any atom is -0.399 e. The van der Waals surface area contributed by atoms with Crippen molar-refractivity contribution in [1.82, 2.24) is 4.90 Å². The fourth-order valence-corrected chi connectivity index (χ4v) is 3.07. The van der Waals surface area contributed by atoms with Crippen LogP contribution in [0.25, 0.3) is 0 Å². The first kappa shape index (κ1) is 13.6. The summed E-state index contributed by atoms with van der Waals surface area (Å²) in [5.74, 6) is -0.204. The number of anilines is 1. The molecular weight excluding hydrogens is 319 g/mol. The standard InChI is InChI=1S/C16H16BrFN2/c17-16-12(2-1-3-15(16)18)9-20-7-6-11-4-5-14(19)8-13(11)10-20/h1-5,8H,6-7,9-10,19H2. The fraction of sp³-hybridized carbons (Fsp3) is 0.250. The van der Waals surface area contributed by atoms with Gasteiger partial charge in [-0.05, 0) is 57.2 Å². The summed E-state index contributed by atoms with van der Waals surface area (Å²) in [7, 11) is 0. The Morgan fingerprint density at radius 3 is 2.90 bits per heavy atom. The molecule has 0 atom stereocenters. The van der Waals surface area contributed by atoms with E-state index in [1.54, 1.807) is 6.07 Å². The van der Waals surface area contributed by atoms with Gasteiger partial charge in [-0.25, -0.2) is 4.39 Å². The lowest BCUT2D eigenvalue weighted by molar-refractivity contribution is 0.245. The molecule has 0 amide bonds. The van der Waals surface area contributed by atoms with Crippen molar-refractivity contribution in [3.05, 3.63) is 63.4 Å². The second-order valence-electron chi connectivity index (χ2n) is 5.20. The Morgan fingerprint density at radius 2 is 2.05 bits per heavy atom. The maximum absolute atomic E-state index is 13.5. The molecule has 2 aromatic rings. The van der Waals surface area contributed by atoms with Gasteiger partial charge >= 0.3 is 0 Å². The summed E-state index contributed by atoms with van der Waals surface area (Å²) < 4.78 is 14.1. The molecule has 2 nitrogen and oxygen atoms in total. The summed E-state index contributed by atoms with van der Waals surface area (Å²) in [4.78, 5) is 2.32. The molecule has 1 aliphatic rings. The second-order valence-corrected chi connectivity index (χ2v) is 5.99. The molecule has 0 aliphatic carbocycles. The number of hydrogen-bond acceptors (Lipinski definition) is 2. The Balaban J connectivity index is 1.79. The smallest absolute Gasteiger partial charge is 0.137 e. The van der Waals surface area contributed by atoms with Crippen molar-refractivity contribution in [3.63, 3.8) is 0 Å². The predicted molar refractivity (Wildman–Crippen MR) is 82.8 cm³/mol. The zero-order chi connectivity index (χ0) is 14.1. The van der Waals surface area contributed by atoms with Gasteiger partial charge < -0.3 is 5.73 Å². The van der Waals surface area contributed by atoms with Crippen LogP contribution in [-0.4, -0.2) is 11.4 Å². The lowest BCUT2D eigenvalue weighted by Gasteiger charge is -2.29. The average molecular weight is 335 g/mol. The first-order valence-corrected chi connectivity index (χ1v) is 7.45. The molecule has 4 heteroatoms. The highest BCUT2D eigenvalue weighted by molar-refractivity contribution is 9.10. The van der Waals surface area contributed by atoms with E-state index in [-0.39, 0.29) is 5.82 Å². The van der Waals surface area contributed by atoms with E-state index >= 15 is 0 Å². The summed E-state index contributed by atoms with van der Waals surface area (Å²) in [5.41, 5.74) is 10.3. The molecule has 0 radical (unpaired) electrons. The molecule has 0 unspecified atom stereocenters. The van der Waals surface area contributed by atoms with Crippen LogP contribution >= 0.6 is 15.9 Å². The van der Waals surface area contributed by atoms with Crippen LogP contribution in [0.1, 0.15) is 16.7 Å². The van der Waals surface area contributed by atoms with E-state index in [9.17, 15) is 4.39 Å². The first-order valence-electron chi connectivity index (χ1n) is 6.66. The van der Waals surface area contributed by atoms with E-state index in [2.05, 4.69) is 26.9 Å². The van der Waals surface area contributed by atoms with Crippen molar-refractivity contribution in [2.75, 3.05) is 12.3 Å². The van der Waals surface area contributed by atoms with Gasteiger partial charge in [-0.3, -0.25) is 4.90 Å². The molecule has 2 aromatic carbocycles. The molecule has 0 bridgehead atoms. The number of benzene rings is 2. The topological polar surface area (TPSA) is 29.3 Å². The number of fused-ring (bicyclic) bond motifs is 1. The van der Waals surface area contributed by atoms with E-state index in [0.29, 0.717) is 4.47 Å². The lowest BCUT2D eigenvalue weighted by Crippen LogP contribution is -2.30. The highest BCUT2D eigenvalue weighted by atomic mass is 79.9. The number of hydrogen-bond donors (Lipinski definition) is 1. The van der Waals surface area contributed by atoms with Gasteiger partial charge in [-0.2, -0.15) is 0 Å². The number of rotatable bonds is 2. The monoisotopic (exact) mass is 334 g/mol. The van der Waals surface area contributed by atoms with Gasteiger partial charge in [0.15, 0.2) is 0 Å². The molecule has 0 aromatic heterocycles. The summed E-state index contributed by atoms with van der Waals surface area (Å²) in [6.07, 6.45) is 1.02. The molecule has 20 heavy (non-hydrogen) atoms. The van der Waals surface area contributed by atoms with Crippen LogP contribution in [0.3, 0.4) is 0 Å². The SMILES string of the molecule is Nc1ccc2c(c1)CN(Cc1cccc(F)c1Br)CC2. The largest absolute Gasteiger partial charge is 0.399 e. The van der Waals surface area contributed by atoms with Crippen molar-refractivity contribution >= 4 is 21.6 Å². The minimum absolute atomic E-state index is 0.204. The van der Waals surface area contributed by atoms with Crippen LogP contribution in [0.15, 0.2) is 40.9 Å². The average Bonchev–Trinajstić information content (AvgIpc) is 2.43.